The summed E-state index contributed by atoms with van der Waals surface area (Å²) in [7, 11) is 0. The summed E-state index contributed by atoms with van der Waals surface area (Å²) in [6, 6.07) is 16.5. The van der Waals surface area contributed by atoms with Crippen molar-refractivity contribution < 1.29 is 19.1 Å². The number of carbonyl (C=O) groups excluding carboxylic acids is 3. The first-order chi connectivity index (χ1) is 13.5. The maximum atomic E-state index is 13.6. The first-order valence-electron chi connectivity index (χ1n) is 9.31. The Hall–Kier alpha value is -2.47. The van der Waals surface area contributed by atoms with Crippen LogP contribution >= 0.6 is 15.9 Å². The van der Waals surface area contributed by atoms with Gasteiger partial charge >= 0.3 is 5.97 Å². The minimum Gasteiger partial charge on any atom is -0.440 e. The molecule has 0 radical (unpaired) electrons. The molecule has 0 N–H and O–H groups in total. The van der Waals surface area contributed by atoms with Gasteiger partial charge in [-0.1, -0.05) is 71.7 Å². The quantitative estimate of drug-likeness (QED) is 0.363. The molecule has 1 heterocycles. The molecular formula is C22H22BrNO4. The average Bonchev–Trinajstić information content (AvgIpc) is 2.74. The predicted octanol–water partition coefficient (Wildman–Crippen LogP) is 4.28. The van der Waals surface area contributed by atoms with Gasteiger partial charge in [0.05, 0.1) is 12.2 Å². The Morgan fingerprint density at radius 2 is 1.75 bits per heavy atom. The Labute approximate surface area is 172 Å². The van der Waals surface area contributed by atoms with Gasteiger partial charge in [0.2, 0.25) is 5.78 Å². The highest BCUT2D eigenvalue weighted by Gasteiger charge is 2.55. The molecule has 5 nitrogen and oxygen atoms in total. The fourth-order valence-corrected chi connectivity index (χ4v) is 3.59. The van der Waals surface area contributed by atoms with E-state index in [-0.39, 0.29) is 11.8 Å². The van der Waals surface area contributed by atoms with E-state index < -0.39 is 23.3 Å². The molecule has 28 heavy (non-hydrogen) atoms. The summed E-state index contributed by atoms with van der Waals surface area (Å²) in [6.07, 6.45) is 1.53. The third kappa shape index (κ3) is 3.74. The zero-order valence-electron chi connectivity index (χ0n) is 15.7. The summed E-state index contributed by atoms with van der Waals surface area (Å²) < 4.78 is 5.55. The topological polar surface area (TPSA) is 63.7 Å². The van der Waals surface area contributed by atoms with Crippen molar-refractivity contribution in [1.82, 2.24) is 0 Å². The molecule has 0 aromatic heterocycles. The molecule has 3 rings (SSSR count). The number of benzene rings is 2. The van der Waals surface area contributed by atoms with E-state index in [1.165, 1.54) is 0 Å². The molecule has 1 aliphatic rings. The number of hydrogen-bond donors (Lipinski definition) is 0. The molecule has 1 aliphatic heterocycles. The van der Waals surface area contributed by atoms with Crippen molar-refractivity contribution in [3.8, 4) is 0 Å². The number of rotatable bonds is 7. The Morgan fingerprint density at radius 3 is 2.43 bits per heavy atom. The number of anilines is 1. The van der Waals surface area contributed by atoms with E-state index in [4.69, 9.17) is 4.74 Å². The number of ketones is 1. The lowest BCUT2D eigenvalue weighted by atomic mass is 9.82. The number of para-hydroxylation sites is 1. The molecule has 0 saturated carbocycles. The first kappa shape index (κ1) is 20.3. The molecule has 0 fully saturated rings. The van der Waals surface area contributed by atoms with Crippen LogP contribution in [0.15, 0.2) is 54.6 Å². The average molecular weight is 444 g/mol. The third-order valence-corrected chi connectivity index (χ3v) is 5.32. The molecule has 1 atom stereocenters. The minimum absolute atomic E-state index is 0.0816. The lowest BCUT2D eigenvalue weighted by molar-refractivity contribution is -0.161. The number of carbonyl (C=O) groups is 3. The van der Waals surface area contributed by atoms with Crippen LogP contribution in [0.3, 0.4) is 0 Å². The lowest BCUT2D eigenvalue weighted by Gasteiger charge is -2.40. The number of halogens is 1. The van der Waals surface area contributed by atoms with E-state index in [1.54, 1.807) is 29.2 Å². The number of nitrogens with zero attached hydrogens (tertiary/aromatic N) is 1. The van der Waals surface area contributed by atoms with Gasteiger partial charge in [0.15, 0.2) is 0 Å². The molecule has 1 amide bonds. The fraction of sp³-hybridized carbons (Fsp3) is 0.318. The largest absolute Gasteiger partial charge is 0.440 e. The molecule has 1 unspecified atom stereocenters. The van der Waals surface area contributed by atoms with Crippen molar-refractivity contribution in [2.24, 2.45) is 0 Å². The number of amides is 1. The molecule has 0 aliphatic carbocycles. The van der Waals surface area contributed by atoms with Gasteiger partial charge in [-0.3, -0.25) is 14.4 Å². The predicted molar refractivity (Wildman–Crippen MR) is 111 cm³/mol. The number of Topliss-reactive ketones (excluding diaryl/α,β-unsaturated/α-hetero) is 1. The van der Waals surface area contributed by atoms with Gasteiger partial charge in [-0.15, -0.1) is 0 Å². The Bertz CT molecular complexity index is 883. The third-order valence-electron chi connectivity index (χ3n) is 4.86. The van der Waals surface area contributed by atoms with Crippen LogP contribution in [0.25, 0.3) is 0 Å². The highest BCUT2D eigenvalue weighted by Crippen LogP contribution is 2.38. The highest BCUT2D eigenvalue weighted by atomic mass is 79.9. The van der Waals surface area contributed by atoms with Crippen LogP contribution in [0.1, 0.15) is 42.1 Å². The molecule has 6 heteroatoms. The van der Waals surface area contributed by atoms with Crippen LogP contribution in [0.2, 0.25) is 0 Å². The second-order valence-corrected chi connectivity index (χ2v) is 7.32. The number of unbranched alkanes of at least 4 members (excludes halogenated alkanes) is 1. The van der Waals surface area contributed by atoms with Crippen LogP contribution in [0.4, 0.5) is 5.69 Å². The van der Waals surface area contributed by atoms with Gasteiger partial charge in [0.25, 0.3) is 11.5 Å². The van der Waals surface area contributed by atoms with E-state index >= 15 is 0 Å². The van der Waals surface area contributed by atoms with E-state index in [9.17, 15) is 14.4 Å². The van der Waals surface area contributed by atoms with Crippen LogP contribution in [-0.4, -0.2) is 28.6 Å². The fourth-order valence-electron chi connectivity index (χ4n) is 3.47. The second kappa shape index (κ2) is 8.69. The molecule has 0 spiro atoms. The van der Waals surface area contributed by atoms with Gasteiger partial charge in [-0.05, 0) is 24.1 Å². The highest BCUT2D eigenvalue weighted by molar-refractivity contribution is 9.09. The monoisotopic (exact) mass is 443 g/mol. The summed E-state index contributed by atoms with van der Waals surface area (Å²) in [5.74, 6) is -1.56. The van der Waals surface area contributed by atoms with Gasteiger partial charge in [-0.2, -0.15) is 0 Å². The number of hydrogen-bond acceptors (Lipinski definition) is 4. The Kier molecular flexibility index (Phi) is 6.29. The maximum absolute atomic E-state index is 13.6. The number of ether oxygens (including phenoxy) is 1. The van der Waals surface area contributed by atoms with E-state index in [0.717, 1.165) is 12.0 Å². The summed E-state index contributed by atoms with van der Waals surface area (Å²) in [5.41, 5.74) is 0.0559. The first-order valence-corrected chi connectivity index (χ1v) is 10.4. The van der Waals surface area contributed by atoms with Crippen molar-refractivity contribution >= 4 is 39.3 Å². The summed E-state index contributed by atoms with van der Waals surface area (Å²) in [5, 5.41) is -0.0816. The number of alkyl halides is 1. The van der Waals surface area contributed by atoms with Crippen molar-refractivity contribution in [1.29, 1.82) is 0 Å². The molecule has 0 bridgehead atoms. The van der Waals surface area contributed by atoms with Gasteiger partial charge in [-0.25, -0.2) is 0 Å². The van der Waals surface area contributed by atoms with Crippen molar-refractivity contribution in [3.63, 3.8) is 0 Å². The van der Waals surface area contributed by atoms with Crippen molar-refractivity contribution in [2.75, 3.05) is 10.2 Å². The van der Waals surface area contributed by atoms with Crippen molar-refractivity contribution in [2.45, 2.75) is 38.3 Å². The van der Waals surface area contributed by atoms with Gasteiger partial charge < -0.3 is 9.64 Å². The van der Waals surface area contributed by atoms with Crippen LogP contribution in [0.5, 0.6) is 0 Å². The Morgan fingerprint density at radius 1 is 1.07 bits per heavy atom. The number of fused-ring (bicyclic) bond motifs is 1. The zero-order chi connectivity index (χ0) is 20.1. The SMILES string of the molecule is CCCCC1(OC(=O)CBr)C(=O)c2ccccc2N(Cc2ccccc2)C1=O. The number of esters is 1. The van der Waals surface area contributed by atoms with Gasteiger partial charge in [0, 0.05) is 12.0 Å². The second-order valence-electron chi connectivity index (χ2n) is 6.76. The van der Waals surface area contributed by atoms with E-state index in [1.807, 2.05) is 37.3 Å². The minimum atomic E-state index is -1.82. The Balaban J connectivity index is 2.11. The van der Waals surface area contributed by atoms with E-state index in [2.05, 4.69) is 15.9 Å². The summed E-state index contributed by atoms with van der Waals surface area (Å²) >= 11 is 3.06. The van der Waals surface area contributed by atoms with Crippen LogP contribution < -0.4 is 4.90 Å². The van der Waals surface area contributed by atoms with Gasteiger partial charge in [0.1, 0.15) is 5.33 Å². The normalized spacial score (nSPS) is 18.7. The summed E-state index contributed by atoms with van der Waals surface area (Å²) in [4.78, 5) is 40.6. The van der Waals surface area contributed by atoms with E-state index in [0.29, 0.717) is 24.2 Å². The molecule has 146 valence electrons. The maximum Gasteiger partial charge on any atom is 0.318 e. The standard InChI is InChI=1S/C22H22BrNO4/c1-2-3-13-22(28-19(25)14-23)20(26)17-11-7-8-12-18(17)24(21(22)27)15-16-9-5-4-6-10-16/h4-12H,2-3,13-15H2,1H3. The van der Waals surface area contributed by atoms with Crippen molar-refractivity contribution in [3.05, 3.63) is 65.7 Å². The zero-order valence-corrected chi connectivity index (χ0v) is 17.3. The molecule has 0 saturated heterocycles. The molecular weight excluding hydrogens is 422 g/mol. The molecule has 2 aromatic carbocycles. The molecule has 2 aromatic rings. The van der Waals surface area contributed by atoms with Crippen LogP contribution in [0, 0.1) is 0 Å². The smallest absolute Gasteiger partial charge is 0.318 e. The summed E-state index contributed by atoms with van der Waals surface area (Å²) in [6.45, 7) is 2.26. The lowest BCUT2D eigenvalue weighted by Crippen LogP contribution is -2.60. The van der Waals surface area contributed by atoms with Crippen LogP contribution in [-0.2, 0) is 20.9 Å².